The number of anilines is 1. The molecule has 0 unspecified atom stereocenters. The van der Waals surface area contributed by atoms with E-state index in [0.717, 1.165) is 91.4 Å². The quantitative estimate of drug-likeness (QED) is 0.128. The van der Waals surface area contributed by atoms with Gasteiger partial charge in [-0.15, -0.1) is 0 Å². The topological polar surface area (TPSA) is 67.5 Å². The number of ether oxygens (including phenoxy) is 1. The number of aromatic nitrogens is 2. The monoisotopic (exact) mass is 766 g/mol. The normalized spacial score (nSPS) is 32.7. The Labute approximate surface area is 342 Å². The van der Waals surface area contributed by atoms with Gasteiger partial charge in [-0.05, 0) is 148 Å². The third kappa shape index (κ3) is 9.22. The SMILES string of the molecule is CC(C)CCC[C@@H](C)[C@H]1CC[C@H]2[C@@H]3CC=C4C[C@@H](Oc5ccnc(CCCCC[C@H](N)[C@@H]6CCCN6Cc6cc(N(C)C)ccn6)c5)CC[C@]4(C)[C@H]3CC[C@]12C. The zero-order valence-corrected chi connectivity index (χ0v) is 36.7. The molecule has 6 heteroatoms. The molecule has 1 aliphatic heterocycles. The van der Waals surface area contributed by atoms with E-state index in [1.54, 1.807) is 5.57 Å². The minimum Gasteiger partial charge on any atom is -0.490 e. The summed E-state index contributed by atoms with van der Waals surface area (Å²) in [6.07, 6.45) is 29.9. The second-order valence-corrected chi connectivity index (χ2v) is 20.6. The molecule has 2 aromatic rings. The molecule has 10 atom stereocenters. The third-order valence-corrected chi connectivity index (χ3v) is 16.4. The Morgan fingerprint density at radius 3 is 2.52 bits per heavy atom. The van der Waals surface area contributed by atoms with E-state index in [1.165, 1.54) is 95.6 Å². The minimum absolute atomic E-state index is 0.221. The molecule has 3 heterocycles. The molecule has 6 nitrogen and oxygen atoms in total. The predicted octanol–water partition coefficient (Wildman–Crippen LogP) is 11.4. The van der Waals surface area contributed by atoms with Gasteiger partial charge in [0.2, 0.25) is 0 Å². The van der Waals surface area contributed by atoms with Crippen molar-refractivity contribution in [2.24, 2.45) is 52.1 Å². The summed E-state index contributed by atoms with van der Waals surface area (Å²) in [5.41, 5.74) is 13.0. The van der Waals surface area contributed by atoms with Crippen LogP contribution in [0.3, 0.4) is 0 Å². The van der Waals surface area contributed by atoms with Gasteiger partial charge in [0.1, 0.15) is 11.9 Å². The van der Waals surface area contributed by atoms with Crippen molar-refractivity contribution in [1.29, 1.82) is 0 Å². The molecule has 0 spiro atoms. The van der Waals surface area contributed by atoms with Gasteiger partial charge in [0.05, 0.1) is 5.69 Å². The number of rotatable bonds is 17. The number of hydrogen-bond donors (Lipinski definition) is 1. The van der Waals surface area contributed by atoms with Gasteiger partial charge in [-0.3, -0.25) is 14.9 Å². The van der Waals surface area contributed by atoms with Crippen molar-refractivity contribution < 1.29 is 4.74 Å². The number of hydrogen-bond acceptors (Lipinski definition) is 6. The summed E-state index contributed by atoms with van der Waals surface area (Å²) in [5.74, 6) is 6.33. The van der Waals surface area contributed by atoms with Crippen molar-refractivity contribution in [3.8, 4) is 5.75 Å². The molecule has 0 bridgehead atoms. The molecule has 1 saturated heterocycles. The van der Waals surface area contributed by atoms with Crippen LogP contribution in [0.4, 0.5) is 5.69 Å². The molecule has 4 aliphatic carbocycles. The molecular formula is C50H79N5O. The number of likely N-dealkylation sites (tertiary alicyclic amines) is 1. The van der Waals surface area contributed by atoms with Crippen LogP contribution in [-0.2, 0) is 13.0 Å². The lowest BCUT2D eigenvalue weighted by molar-refractivity contribution is -0.0559. The average Bonchev–Trinajstić information content (AvgIpc) is 3.79. The van der Waals surface area contributed by atoms with Crippen LogP contribution in [0, 0.1) is 46.3 Å². The lowest BCUT2D eigenvalue weighted by atomic mass is 9.47. The first-order valence-corrected chi connectivity index (χ1v) is 23.4. The zero-order valence-electron chi connectivity index (χ0n) is 36.7. The molecule has 7 rings (SSSR count). The van der Waals surface area contributed by atoms with E-state index in [2.05, 4.69) is 93.8 Å². The van der Waals surface area contributed by atoms with Gasteiger partial charge in [0.15, 0.2) is 0 Å². The first kappa shape index (κ1) is 41.7. The van der Waals surface area contributed by atoms with Gasteiger partial charge >= 0.3 is 0 Å². The maximum Gasteiger partial charge on any atom is 0.123 e. The van der Waals surface area contributed by atoms with Crippen LogP contribution in [0.2, 0.25) is 0 Å². The van der Waals surface area contributed by atoms with Crippen molar-refractivity contribution in [2.75, 3.05) is 25.5 Å². The van der Waals surface area contributed by atoms with E-state index < -0.39 is 0 Å². The number of unbranched alkanes of at least 4 members (excludes halogenated alkanes) is 2. The molecule has 0 amide bonds. The van der Waals surface area contributed by atoms with E-state index >= 15 is 0 Å². The van der Waals surface area contributed by atoms with Gasteiger partial charge in [0, 0.05) is 69.0 Å². The minimum atomic E-state index is 0.221. The summed E-state index contributed by atoms with van der Waals surface area (Å²) < 4.78 is 6.78. The second-order valence-electron chi connectivity index (χ2n) is 20.6. The largest absolute Gasteiger partial charge is 0.490 e. The van der Waals surface area contributed by atoms with Crippen molar-refractivity contribution in [1.82, 2.24) is 14.9 Å². The van der Waals surface area contributed by atoms with Crippen LogP contribution in [-0.4, -0.2) is 53.7 Å². The van der Waals surface area contributed by atoms with Crippen LogP contribution < -0.4 is 15.4 Å². The van der Waals surface area contributed by atoms with Crippen molar-refractivity contribution in [3.05, 3.63) is 59.7 Å². The molecule has 0 radical (unpaired) electrons. The van der Waals surface area contributed by atoms with E-state index in [0.29, 0.717) is 16.9 Å². The van der Waals surface area contributed by atoms with Crippen LogP contribution in [0.5, 0.6) is 5.75 Å². The van der Waals surface area contributed by atoms with E-state index in [4.69, 9.17) is 15.5 Å². The van der Waals surface area contributed by atoms with Crippen molar-refractivity contribution in [3.63, 3.8) is 0 Å². The Morgan fingerprint density at radius 1 is 0.875 bits per heavy atom. The van der Waals surface area contributed by atoms with E-state index in [9.17, 15) is 0 Å². The maximum atomic E-state index is 6.84. The Morgan fingerprint density at radius 2 is 1.70 bits per heavy atom. The van der Waals surface area contributed by atoms with E-state index in [-0.39, 0.29) is 12.1 Å². The summed E-state index contributed by atoms with van der Waals surface area (Å²) in [6, 6.07) is 9.28. The number of pyridine rings is 2. The molecule has 310 valence electrons. The number of allylic oxidation sites excluding steroid dienone is 1. The maximum absolute atomic E-state index is 6.84. The molecule has 2 aromatic heterocycles. The zero-order chi connectivity index (χ0) is 39.5. The highest BCUT2D eigenvalue weighted by Crippen LogP contribution is 2.67. The highest BCUT2D eigenvalue weighted by molar-refractivity contribution is 5.44. The number of aryl methyl sites for hydroxylation is 1. The fourth-order valence-corrected chi connectivity index (χ4v) is 13.2. The molecule has 2 N–H and O–H groups in total. The van der Waals surface area contributed by atoms with Crippen molar-refractivity contribution >= 4 is 5.69 Å². The van der Waals surface area contributed by atoms with Gasteiger partial charge in [0.25, 0.3) is 0 Å². The second kappa shape index (κ2) is 18.2. The smallest absolute Gasteiger partial charge is 0.123 e. The van der Waals surface area contributed by atoms with Gasteiger partial charge in [-0.25, -0.2) is 0 Å². The van der Waals surface area contributed by atoms with Gasteiger partial charge in [-0.2, -0.15) is 0 Å². The predicted molar refractivity (Wildman–Crippen MR) is 234 cm³/mol. The van der Waals surface area contributed by atoms with Crippen LogP contribution >= 0.6 is 0 Å². The fraction of sp³-hybridized carbons (Fsp3) is 0.760. The van der Waals surface area contributed by atoms with E-state index in [1.807, 2.05) is 12.4 Å². The lowest BCUT2D eigenvalue weighted by Crippen LogP contribution is -2.51. The Kier molecular flexibility index (Phi) is 13.6. The Balaban J connectivity index is 0.857. The summed E-state index contributed by atoms with van der Waals surface area (Å²) >= 11 is 0. The number of nitrogens with zero attached hydrogens (tertiary/aromatic N) is 4. The summed E-state index contributed by atoms with van der Waals surface area (Å²) in [6.45, 7) is 14.8. The number of fused-ring (bicyclic) bond motifs is 5. The first-order valence-electron chi connectivity index (χ1n) is 23.4. The molecule has 56 heavy (non-hydrogen) atoms. The van der Waals surface area contributed by atoms with Crippen LogP contribution in [0.15, 0.2) is 48.3 Å². The Bertz CT molecular complexity index is 1610. The molecule has 0 aromatic carbocycles. The van der Waals surface area contributed by atoms with Gasteiger partial charge in [-0.1, -0.05) is 78.4 Å². The standard InChI is InChI=1S/C50H79N5O/c1-35(2)13-11-14-36(3)44-20-21-45-43-19-18-37-31-41(22-26-49(37,4)46(43)23-27-50(44,45)5)56-42-25-29-52-38(33-42)15-9-8-10-16-47(51)48-17-12-30-55(48)34-39-32-40(54(6)7)24-28-53-39/h18,24-25,28-29,32-33,35-36,41,43-48H,8-17,19-23,26-27,30-31,34,51H2,1-7H3/t36-,41+,43+,44-,45+,46+,47+,48+,49+,50-/m1/s1. The highest BCUT2D eigenvalue weighted by Gasteiger charge is 2.59. The highest BCUT2D eigenvalue weighted by atomic mass is 16.5. The average molecular weight is 766 g/mol. The summed E-state index contributed by atoms with van der Waals surface area (Å²) in [7, 11) is 4.18. The van der Waals surface area contributed by atoms with Gasteiger partial charge < -0.3 is 15.4 Å². The lowest BCUT2D eigenvalue weighted by Gasteiger charge is -2.58. The summed E-state index contributed by atoms with van der Waals surface area (Å²) in [4.78, 5) is 14.1. The molecule has 3 saturated carbocycles. The molecular weight excluding hydrogens is 687 g/mol. The molecule has 5 aliphatic rings. The Hall–Kier alpha value is -2.44. The van der Waals surface area contributed by atoms with Crippen LogP contribution in [0.1, 0.15) is 155 Å². The number of nitrogens with two attached hydrogens (primary N) is 1. The fourth-order valence-electron chi connectivity index (χ4n) is 13.2. The van der Waals surface area contributed by atoms with Crippen molar-refractivity contribution in [2.45, 2.75) is 175 Å². The molecule has 4 fully saturated rings. The summed E-state index contributed by atoms with van der Waals surface area (Å²) in [5, 5.41) is 0. The first-order chi connectivity index (χ1) is 26.9. The third-order valence-electron chi connectivity index (χ3n) is 16.4. The van der Waals surface area contributed by atoms with Crippen LogP contribution in [0.25, 0.3) is 0 Å².